The highest BCUT2D eigenvalue weighted by Gasteiger charge is 2.03. The second-order valence-electron chi connectivity index (χ2n) is 4.02. The van der Waals surface area contributed by atoms with Crippen LogP contribution in [0.15, 0.2) is 30.5 Å². The zero-order valence-electron chi connectivity index (χ0n) is 10.3. The highest BCUT2D eigenvalue weighted by Crippen LogP contribution is 2.03. The minimum atomic E-state index is 0.786. The fourth-order valence-electron chi connectivity index (χ4n) is 1.84. The van der Waals surface area contributed by atoms with Crippen LogP contribution in [0, 0.1) is 6.92 Å². The number of aryl methyl sites for hydroxylation is 2. The second-order valence-corrected chi connectivity index (χ2v) is 4.02. The Labute approximate surface area is 102 Å². The van der Waals surface area contributed by atoms with Gasteiger partial charge in [-0.2, -0.15) is 5.10 Å². The molecule has 90 valence electrons. The summed E-state index contributed by atoms with van der Waals surface area (Å²) < 4.78 is 2.03. The van der Waals surface area contributed by atoms with E-state index in [1.165, 1.54) is 5.69 Å². The fraction of sp³-hybridized carbons (Fsp3) is 0.385. The molecule has 0 aliphatic carbocycles. The van der Waals surface area contributed by atoms with E-state index in [0.29, 0.717) is 0 Å². The van der Waals surface area contributed by atoms with Crippen LogP contribution >= 0.6 is 0 Å². The number of hydrogen-bond donors (Lipinski definition) is 1. The summed E-state index contributed by atoms with van der Waals surface area (Å²) in [7, 11) is 0. The Morgan fingerprint density at radius 3 is 2.88 bits per heavy atom. The first kappa shape index (κ1) is 11.8. The number of nitrogens with zero attached hydrogens (tertiary/aromatic N) is 3. The Morgan fingerprint density at radius 1 is 1.29 bits per heavy atom. The van der Waals surface area contributed by atoms with Crippen LogP contribution in [0.1, 0.15) is 24.0 Å². The van der Waals surface area contributed by atoms with Gasteiger partial charge in [-0.15, -0.1) is 0 Å². The van der Waals surface area contributed by atoms with Crippen LogP contribution in [0.25, 0.3) is 0 Å². The summed E-state index contributed by atoms with van der Waals surface area (Å²) in [5.41, 5.74) is 3.36. The third-order valence-corrected chi connectivity index (χ3v) is 2.62. The van der Waals surface area contributed by atoms with E-state index in [0.717, 1.165) is 31.0 Å². The van der Waals surface area contributed by atoms with Gasteiger partial charge in [-0.3, -0.25) is 9.67 Å². The van der Waals surface area contributed by atoms with Crippen molar-refractivity contribution in [2.75, 3.05) is 0 Å². The Kier molecular flexibility index (Phi) is 3.88. The molecule has 0 radical (unpaired) electrons. The lowest BCUT2D eigenvalue weighted by atomic mass is 10.3. The number of hydrogen-bond acceptors (Lipinski definition) is 3. The maximum Gasteiger partial charge on any atom is 0.0597 e. The summed E-state index contributed by atoms with van der Waals surface area (Å²) in [4.78, 5) is 4.27. The van der Waals surface area contributed by atoms with E-state index < -0.39 is 0 Å². The standard InChI is InChI=1S/C13H18N4/c1-3-17-13(8-11(2)16-17)10-14-9-12-6-4-5-7-15-12/h4-8,14H,3,9-10H2,1-2H3. The Morgan fingerprint density at radius 2 is 2.18 bits per heavy atom. The molecule has 0 atom stereocenters. The van der Waals surface area contributed by atoms with Gasteiger partial charge in [0.2, 0.25) is 0 Å². The average molecular weight is 230 g/mol. The van der Waals surface area contributed by atoms with Crippen molar-refractivity contribution in [3.05, 3.63) is 47.5 Å². The Balaban J connectivity index is 1.90. The zero-order valence-corrected chi connectivity index (χ0v) is 10.3. The van der Waals surface area contributed by atoms with E-state index in [1.54, 1.807) is 0 Å². The maximum atomic E-state index is 4.42. The smallest absolute Gasteiger partial charge is 0.0597 e. The molecule has 4 heteroatoms. The SMILES string of the molecule is CCn1nc(C)cc1CNCc1ccccn1. The Hall–Kier alpha value is -1.68. The summed E-state index contributed by atoms with van der Waals surface area (Å²) in [6.07, 6.45) is 1.82. The number of pyridine rings is 1. The van der Waals surface area contributed by atoms with Gasteiger partial charge in [0, 0.05) is 25.8 Å². The van der Waals surface area contributed by atoms with E-state index >= 15 is 0 Å². The van der Waals surface area contributed by atoms with Crippen molar-refractivity contribution < 1.29 is 0 Å². The molecular weight excluding hydrogens is 212 g/mol. The number of aromatic nitrogens is 3. The summed E-state index contributed by atoms with van der Waals surface area (Å²) in [5, 5.41) is 7.80. The van der Waals surface area contributed by atoms with E-state index in [4.69, 9.17) is 0 Å². The predicted octanol–water partition coefficient (Wildman–Crippen LogP) is 1.90. The first-order chi connectivity index (χ1) is 8.29. The molecule has 0 aromatic carbocycles. The van der Waals surface area contributed by atoms with Crippen molar-refractivity contribution in [3.63, 3.8) is 0 Å². The van der Waals surface area contributed by atoms with Crippen LogP contribution in [-0.4, -0.2) is 14.8 Å². The van der Waals surface area contributed by atoms with E-state index in [2.05, 4.69) is 28.4 Å². The van der Waals surface area contributed by atoms with Crippen molar-refractivity contribution in [1.82, 2.24) is 20.1 Å². The third-order valence-electron chi connectivity index (χ3n) is 2.62. The van der Waals surface area contributed by atoms with Crippen molar-refractivity contribution in [1.29, 1.82) is 0 Å². The van der Waals surface area contributed by atoms with Crippen LogP contribution in [0.4, 0.5) is 0 Å². The fourth-order valence-corrected chi connectivity index (χ4v) is 1.84. The van der Waals surface area contributed by atoms with Gasteiger partial charge in [0.1, 0.15) is 0 Å². The molecule has 0 unspecified atom stereocenters. The second kappa shape index (κ2) is 5.59. The van der Waals surface area contributed by atoms with Crippen molar-refractivity contribution in [2.45, 2.75) is 33.5 Å². The van der Waals surface area contributed by atoms with Gasteiger partial charge in [-0.1, -0.05) is 6.07 Å². The van der Waals surface area contributed by atoms with Gasteiger partial charge in [0.15, 0.2) is 0 Å². The van der Waals surface area contributed by atoms with Crippen molar-refractivity contribution >= 4 is 0 Å². The van der Waals surface area contributed by atoms with E-state index in [9.17, 15) is 0 Å². The van der Waals surface area contributed by atoms with Crippen LogP contribution in [0.5, 0.6) is 0 Å². The molecule has 2 rings (SSSR count). The topological polar surface area (TPSA) is 42.7 Å². The van der Waals surface area contributed by atoms with Gasteiger partial charge < -0.3 is 5.32 Å². The molecule has 0 amide bonds. The molecule has 0 spiro atoms. The van der Waals surface area contributed by atoms with Gasteiger partial charge in [0.25, 0.3) is 0 Å². The molecular formula is C13H18N4. The molecule has 2 heterocycles. The predicted molar refractivity (Wildman–Crippen MR) is 67.4 cm³/mol. The molecule has 0 saturated heterocycles. The molecule has 1 N–H and O–H groups in total. The van der Waals surface area contributed by atoms with Crippen LogP contribution in [0.3, 0.4) is 0 Å². The van der Waals surface area contributed by atoms with Gasteiger partial charge in [0.05, 0.1) is 17.1 Å². The van der Waals surface area contributed by atoms with Gasteiger partial charge >= 0.3 is 0 Å². The molecule has 0 bridgehead atoms. The molecule has 2 aromatic rings. The lowest BCUT2D eigenvalue weighted by molar-refractivity contribution is 0.576. The lowest BCUT2D eigenvalue weighted by Gasteiger charge is -2.06. The summed E-state index contributed by atoms with van der Waals surface area (Å²) in [6, 6.07) is 8.08. The minimum Gasteiger partial charge on any atom is -0.306 e. The molecule has 0 fully saturated rings. The molecule has 2 aromatic heterocycles. The maximum absolute atomic E-state index is 4.42. The summed E-state index contributed by atoms with van der Waals surface area (Å²) >= 11 is 0. The minimum absolute atomic E-state index is 0.786. The molecule has 0 aliphatic heterocycles. The van der Waals surface area contributed by atoms with Gasteiger partial charge in [-0.05, 0) is 32.0 Å². The highest BCUT2D eigenvalue weighted by atomic mass is 15.3. The molecule has 0 aliphatic rings. The number of rotatable bonds is 5. The van der Waals surface area contributed by atoms with Crippen molar-refractivity contribution in [3.8, 4) is 0 Å². The summed E-state index contributed by atoms with van der Waals surface area (Å²) in [6.45, 7) is 6.65. The quantitative estimate of drug-likeness (QED) is 0.853. The average Bonchev–Trinajstić information content (AvgIpc) is 2.71. The third kappa shape index (κ3) is 3.14. The van der Waals surface area contributed by atoms with Crippen LogP contribution in [0.2, 0.25) is 0 Å². The molecule has 17 heavy (non-hydrogen) atoms. The molecule has 0 saturated carbocycles. The van der Waals surface area contributed by atoms with Crippen molar-refractivity contribution in [2.24, 2.45) is 0 Å². The van der Waals surface area contributed by atoms with Crippen LogP contribution < -0.4 is 5.32 Å². The Bertz CT molecular complexity index is 462. The molecule has 4 nitrogen and oxygen atoms in total. The first-order valence-electron chi connectivity index (χ1n) is 5.93. The van der Waals surface area contributed by atoms with Gasteiger partial charge in [-0.25, -0.2) is 0 Å². The zero-order chi connectivity index (χ0) is 12.1. The highest BCUT2D eigenvalue weighted by molar-refractivity contribution is 5.09. The number of nitrogens with one attached hydrogen (secondary N) is 1. The summed E-state index contributed by atoms with van der Waals surface area (Å²) in [5.74, 6) is 0. The first-order valence-corrected chi connectivity index (χ1v) is 5.93. The van der Waals surface area contributed by atoms with E-state index in [1.807, 2.05) is 36.0 Å². The normalized spacial score (nSPS) is 10.7. The lowest BCUT2D eigenvalue weighted by Crippen LogP contribution is -2.16. The largest absolute Gasteiger partial charge is 0.306 e. The monoisotopic (exact) mass is 230 g/mol. The van der Waals surface area contributed by atoms with E-state index in [-0.39, 0.29) is 0 Å². The van der Waals surface area contributed by atoms with Crippen LogP contribution in [-0.2, 0) is 19.6 Å².